The zero-order valence-electron chi connectivity index (χ0n) is 18.7. The van der Waals surface area contributed by atoms with E-state index in [9.17, 15) is 14.4 Å². The Balaban J connectivity index is 1.91. The van der Waals surface area contributed by atoms with Crippen molar-refractivity contribution in [1.29, 1.82) is 0 Å². The number of aryl methyl sites for hydroxylation is 1. The Kier molecular flexibility index (Phi) is 10.2. The van der Waals surface area contributed by atoms with Gasteiger partial charge < -0.3 is 20.1 Å². The lowest BCUT2D eigenvalue weighted by atomic mass is 10.2. The van der Waals surface area contributed by atoms with Crippen molar-refractivity contribution >= 4 is 41.2 Å². The Bertz CT molecular complexity index is 1030. The zero-order chi connectivity index (χ0) is 24.2. The van der Waals surface area contributed by atoms with E-state index in [2.05, 4.69) is 21.2 Å². The van der Waals surface area contributed by atoms with Gasteiger partial charge in [-0.25, -0.2) is 5.43 Å². The van der Waals surface area contributed by atoms with Crippen molar-refractivity contribution in [2.24, 2.45) is 5.10 Å². The summed E-state index contributed by atoms with van der Waals surface area (Å²) in [6, 6.07) is 10.1. The highest BCUT2D eigenvalue weighted by Crippen LogP contribution is 2.27. The second-order valence-corrected chi connectivity index (χ2v) is 7.45. The van der Waals surface area contributed by atoms with E-state index in [1.165, 1.54) is 13.3 Å². The molecule has 0 atom stereocenters. The fraction of sp³-hybridized carbons (Fsp3) is 0.304. The summed E-state index contributed by atoms with van der Waals surface area (Å²) in [6.07, 6.45) is 3.06. The molecule has 0 unspecified atom stereocenters. The molecule has 0 aliphatic rings. The lowest BCUT2D eigenvalue weighted by Crippen LogP contribution is -2.38. The van der Waals surface area contributed by atoms with Gasteiger partial charge in [-0.1, -0.05) is 31.0 Å². The van der Waals surface area contributed by atoms with E-state index in [1.54, 1.807) is 30.3 Å². The largest absolute Gasteiger partial charge is 0.493 e. The molecule has 9 nitrogen and oxygen atoms in total. The SMILES string of the molecule is CCCCNC(=O)C(=O)N/N=C\c1ccc(OCC(=O)Nc2cc(Cl)ccc2C)c(OC)c1. The zero-order valence-corrected chi connectivity index (χ0v) is 19.5. The molecule has 33 heavy (non-hydrogen) atoms. The molecule has 0 aromatic heterocycles. The van der Waals surface area contributed by atoms with E-state index in [0.29, 0.717) is 34.3 Å². The molecule has 0 saturated heterocycles. The molecule has 0 spiro atoms. The third-order valence-electron chi connectivity index (χ3n) is 4.42. The maximum Gasteiger partial charge on any atom is 0.329 e. The lowest BCUT2D eigenvalue weighted by molar-refractivity contribution is -0.139. The van der Waals surface area contributed by atoms with Crippen LogP contribution in [0.5, 0.6) is 11.5 Å². The molecular formula is C23H27ClN4O5. The minimum atomic E-state index is -0.852. The van der Waals surface area contributed by atoms with E-state index in [0.717, 1.165) is 18.4 Å². The van der Waals surface area contributed by atoms with Crippen molar-refractivity contribution in [1.82, 2.24) is 10.7 Å². The second kappa shape index (κ2) is 13.1. The molecule has 2 aromatic rings. The molecule has 10 heteroatoms. The van der Waals surface area contributed by atoms with Crippen LogP contribution in [0.2, 0.25) is 5.02 Å². The van der Waals surface area contributed by atoms with Crippen LogP contribution in [-0.4, -0.2) is 44.2 Å². The van der Waals surface area contributed by atoms with E-state index >= 15 is 0 Å². The minimum Gasteiger partial charge on any atom is -0.493 e. The Morgan fingerprint density at radius 2 is 1.88 bits per heavy atom. The molecule has 3 N–H and O–H groups in total. The number of carbonyl (C=O) groups is 3. The van der Waals surface area contributed by atoms with Crippen LogP contribution in [0, 0.1) is 6.92 Å². The second-order valence-electron chi connectivity index (χ2n) is 7.01. The van der Waals surface area contributed by atoms with E-state index in [4.69, 9.17) is 21.1 Å². The first-order valence-electron chi connectivity index (χ1n) is 10.3. The summed E-state index contributed by atoms with van der Waals surface area (Å²) in [5.41, 5.74) is 4.24. The van der Waals surface area contributed by atoms with Crippen LogP contribution < -0.4 is 25.5 Å². The van der Waals surface area contributed by atoms with Crippen LogP contribution in [0.15, 0.2) is 41.5 Å². The molecule has 0 saturated carbocycles. The third kappa shape index (κ3) is 8.46. The Labute approximate surface area is 197 Å². The molecule has 0 heterocycles. The van der Waals surface area contributed by atoms with Crippen molar-refractivity contribution in [3.63, 3.8) is 0 Å². The molecule has 2 aromatic carbocycles. The van der Waals surface area contributed by atoms with Crippen LogP contribution in [0.4, 0.5) is 5.69 Å². The van der Waals surface area contributed by atoms with Crippen LogP contribution in [0.3, 0.4) is 0 Å². The smallest absolute Gasteiger partial charge is 0.329 e. The molecule has 176 valence electrons. The first-order valence-corrected chi connectivity index (χ1v) is 10.7. The highest BCUT2D eigenvalue weighted by atomic mass is 35.5. The summed E-state index contributed by atoms with van der Waals surface area (Å²) in [6.45, 7) is 4.04. The maximum atomic E-state index is 12.2. The topological polar surface area (TPSA) is 118 Å². The number of ether oxygens (including phenoxy) is 2. The van der Waals surface area contributed by atoms with Crippen LogP contribution >= 0.6 is 11.6 Å². The first kappa shape index (κ1) is 25.7. The molecule has 2 rings (SSSR count). The summed E-state index contributed by atoms with van der Waals surface area (Å²) in [4.78, 5) is 35.6. The van der Waals surface area contributed by atoms with Crippen molar-refractivity contribution in [2.75, 3.05) is 25.6 Å². The summed E-state index contributed by atoms with van der Waals surface area (Å²) >= 11 is 5.97. The van der Waals surface area contributed by atoms with Crippen molar-refractivity contribution < 1.29 is 23.9 Å². The first-order chi connectivity index (χ1) is 15.8. The lowest BCUT2D eigenvalue weighted by Gasteiger charge is -2.12. The monoisotopic (exact) mass is 474 g/mol. The number of nitrogens with zero attached hydrogens (tertiary/aromatic N) is 1. The summed E-state index contributed by atoms with van der Waals surface area (Å²) < 4.78 is 10.9. The van der Waals surface area contributed by atoms with Gasteiger partial charge >= 0.3 is 11.8 Å². The van der Waals surface area contributed by atoms with Crippen molar-refractivity contribution in [3.05, 3.63) is 52.5 Å². The van der Waals surface area contributed by atoms with Gasteiger partial charge in [-0.2, -0.15) is 5.10 Å². The van der Waals surface area contributed by atoms with Gasteiger partial charge in [-0.3, -0.25) is 14.4 Å². The number of benzene rings is 2. The number of nitrogens with one attached hydrogen (secondary N) is 3. The number of amides is 3. The average molecular weight is 475 g/mol. The van der Waals surface area contributed by atoms with Gasteiger partial charge in [0.1, 0.15) is 0 Å². The predicted octanol–water partition coefficient (Wildman–Crippen LogP) is 3.04. The van der Waals surface area contributed by atoms with Gasteiger partial charge in [0.05, 0.1) is 13.3 Å². The number of hydrogen-bond donors (Lipinski definition) is 3. The fourth-order valence-electron chi connectivity index (χ4n) is 2.62. The highest BCUT2D eigenvalue weighted by molar-refractivity contribution is 6.35. The number of hydrogen-bond acceptors (Lipinski definition) is 6. The summed E-state index contributed by atoms with van der Waals surface area (Å²) in [7, 11) is 1.46. The fourth-order valence-corrected chi connectivity index (χ4v) is 2.79. The highest BCUT2D eigenvalue weighted by Gasteiger charge is 2.12. The van der Waals surface area contributed by atoms with Gasteiger partial charge in [0, 0.05) is 17.3 Å². The van der Waals surface area contributed by atoms with E-state index < -0.39 is 11.8 Å². The number of methoxy groups -OCH3 is 1. The van der Waals surface area contributed by atoms with E-state index in [1.807, 2.05) is 19.9 Å². The summed E-state index contributed by atoms with van der Waals surface area (Å²) in [5, 5.41) is 9.54. The quantitative estimate of drug-likeness (QED) is 0.212. The molecule has 3 amide bonds. The molecule has 0 radical (unpaired) electrons. The van der Waals surface area contributed by atoms with Crippen LogP contribution in [0.1, 0.15) is 30.9 Å². The third-order valence-corrected chi connectivity index (χ3v) is 4.66. The maximum absolute atomic E-state index is 12.2. The van der Waals surface area contributed by atoms with Gasteiger partial charge in [-0.15, -0.1) is 0 Å². The number of carbonyl (C=O) groups excluding carboxylic acids is 3. The van der Waals surface area contributed by atoms with Crippen LogP contribution in [0.25, 0.3) is 0 Å². The number of rotatable bonds is 10. The van der Waals surface area contributed by atoms with Crippen molar-refractivity contribution in [2.45, 2.75) is 26.7 Å². The average Bonchev–Trinajstić information content (AvgIpc) is 2.80. The van der Waals surface area contributed by atoms with Gasteiger partial charge in [0.25, 0.3) is 5.91 Å². The van der Waals surface area contributed by atoms with Crippen molar-refractivity contribution in [3.8, 4) is 11.5 Å². The number of hydrazone groups is 1. The molecule has 0 bridgehead atoms. The van der Waals surface area contributed by atoms with Crippen LogP contribution in [-0.2, 0) is 14.4 Å². The molecule has 0 fully saturated rings. The van der Waals surface area contributed by atoms with E-state index in [-0.39, 0.29) is 12.5 Å². The van der Waals surface area contributed by atoms with Gasteiger partial charge in [0.2, 0.25) is 0 Å². The van der Waals surface area contributed by atoms with Gasteiger partial charge in [-0.05, 0) is 54.8 Å². The Morgan fingerprint density at radius 3 is 2.61 bits per heavy atom. The molecule has 0 aliphatic carbocycles. The minimum absolute atomic E-state index is 0.237. The Hall–Kier alpha value is -3.59. The number of anilines is 1. The Morgan fingerprint density at radius 1 is 1.09 bits per heavy atom. The molecule has 0 aliphatic heterocycles. The number of unbranched alkanes of at least 4 members (excludes halogenated alkanes) is 1. The predicted molar refractivity (Wildman–Crippen MR) is 127 cm³/mol. The normalized spacial score (nSPS) is 10.5. The molecular weight excluding hydrogens is 448 g/mol. The van der Waals surface area contributed by atoms with Gasteiger partial charge in [0.15, 0.2) is 18.1 Å². The standard InChI is InChI=1S/C23H27ClN4O5/c1-4-5-10-25-22(30)23(31)28-26-13-16-7-9-19(20(11-16)32-3)33-14-21(29)27-18-12-17(24)8-6-15(18)2/h6-9,11-13H,4-5,10,14H2,1-3H3,(H,25,30)(H,27,29)(H,28,31)/b26-13-. The number of halogens is 1. The summed E-state index contributed by atoms with van der Waals surface area (Å²) in [5.74, 6) is -1.22.